The number of Topliss-reactive ketones (excluding diaryl/α,β-unsaturated/α-hetero) is 1. The first-order valence-corrected chi connectivity index (χ1v) is 12.3. The standard InChI is InChI=1S/C25H34ClN4O2/c26-21-11-7-20(8-12-21)25(31)24(29-17-5-2-6-18-29)23(28-15-3-1-4-16-28)19-9-13-22(14-10-19)30(27)32/h7,9-11,13-14,23-24H,1-6,8,12,15-18H2,(H2,27,32)/q+1. The van der Waals surface area contributed by atoms with Crippen LogP contribution < -0.4 is 5.84 Å². The van der Waals surface area contributed by atoms with Crippen LogP contribution in [-0.2, 0) is 4.79 Å². The Hall–Kier alpha value is -2.02. The van der Waals surface area contributed by atoms with Crippen molar-refractivity contribution >= 4 is 23.1 Å². The Balaban J connectivity index is 1.74. The van der Waals surface area contributed by atoms with Crippen molar-refractivity contribution < 1.29 is 9.66 Å². The number of ketones is 1. The highest BCUT2D eigenvalue weighted by Gasteiger charge is 2.40. The van der Waals surface area contributed by atoms with Gasteiger partial charge in [-0.15, -0.1) is 0 Å². The highest BCUT2D eigenvalue weighted by molar-refractivity contribution is 6.29. The molecule has 0 spiro atoms. The largest absolute Gasteiger partial charge is 0.294 e. The van der Waals surface area contributed by atoms with Crippen LogP contribution in [0.25, 0.3) is 0 Å². The average molecular weight is 458 g/mol. The molecule has 0 saturated carbocycles. The lowest BCUT2D eigenvalue weighted by Gasteiger charge is -2.44. The fraction of sp³-hybridized carbons (Fsp3) is 0.560. The lowest BCUT2D eigenvalue weighted by molar-refractivity contribution is -0.474. The molecule has 6 nitrogen and oxygen atoms in total. The maximum Gasteiger partial charge on any atom is 0.291 e. The zero-order valence-electron chi connectivity index (χ0n) is 18.7. The number of hydrazine groups is 1. The molecule has 1 aliphatic carbocycles. The van der Waals surface area contributed by atoms with E-state index in [0.717, 1.165) is 74.5 Å². The summed E-state index contributed by atoms with van der Waals surface area (Å²) < 4.78 is 0. The SMILES string of the molecule is N[N+](=O)c1ccc(C(C(C(=O)C2=CC=C(Cl)CC2)N2CCCCC2)N2CCCCC2)cc1. The Morgan fingerprint density at radius 2 is 1.47 bits per heavy atom. The second-order valence-electron chi connectivity index (χ2n) is 9.17. The molecule has 0 amide bonds. The first kappa shape index (κ1) is 23.1. The van der Waals surface area contributed by atoms with Crippen LogP contribution in [0.3, 0.4) is 0 Å². The molecule has 172 valence electrons. The number of allylic oxidation sites excluding steroid dienone is 3. The van der Waals surface area contributed by atoms with E-state index >= 15 is 0 Å². The molecule has 7 heteroatoms. The minimum atomic E-state index is -0.239. The topological polar surface area (TPSA) is 69.6 Å². The summed E-state index contributed by atoms with van der Waals surface area (Å²) in [6.45, 7) is 3.86. The lowest BCUT2D eigenvalue weighted by Crippen LogP contribution is -2.53. The van der Waals surface area contributed by atoms with Gasteiger partial charge >= 0.3 is 0 Å². The Kier molecular flexibility index (Phi) is 7.76. The zero-order valence-corrected chi connectivity index (χ0v) is 19.5. The van der Waals surface area contributed by atoms with Crippen molar-refractivity contribution in [2.24, 2.45) is 5.84 Å². The van der Waals surface area contributed by atoms with E-state index in [4.69, 9.17) is 17.4 Å². The molecule has 2 heterocycles. The fourth-order valence-electron chi connectivity index (χ4n) is 5.32. The van der Waals surface area contributed by atoms with Gasteiger partial charge in [0.1, 0.15) is 0 Å². The van der Waals surface area contributed by atoms with E-state index in [1.54, 1.807) is 12.1 Å². The third-order valence-electron chi connectivity index (χ3n) is 7.04. The van der Waals surface area contributed by atoms with Crippen LogP contribution in [0, 0.1) is 4.91 Å². The molecule has 2 N–H and O–H groups in total. The van der Waals surface area contributed by atoms with Gasteiger partial charge in [0.15, 0.2) is 10.7 Å². The number of nitroso groups, excluding NO2 is 1. The number of nitrogens with zero attached hydrogens (tertiary/aromatic N) is 3. The van der Waals surface area contributed by atoms with E-state index in [1.807, 2.05) is 24.3 Å². The van der Waals surface area contributed by atoms with E-state index < -0.39 is 0 Å². The minimum absolute atomic E-state index is 0.0462. The molecule has 4 rings (SSSR count). The van der Waals surface area contributed by atoms with Crippen molar-refractivity contribution in [1.29, 1.82) is 0 Å². The number of hydrogen-bond donors (Lipinski definition) is 1. The number of likely N-dealkylation sites (tertiary alicyclic amines) is 2. The summed E-state index contributed by atoms with van der Waals surface area (Å²) in [6.07, 6.45) is 12.2. The van der Waals surface area contributed by atoms with Crippen LogP contribution in [-0.4, -0.2) is 52.7 Å². The minimum Gasteiger partial charge on any atom is -0.294 e. The maximum absolute atomic E-state index is 14.0. The van der Waals surface area contributed by atoms with Crippen molar-refractivity contribution in [3.63, 3.8) is 0 Å². The fourth-order valence-corrected chi connectivity index (χ4v) is 5.48. The van der Waals surface area contributed by atoms with E-state index in [1.165, 1.54) is 12.8 Å². The van der Waals surface area contributed by atoms with Crippen molar-refractivity contribution in [3.05, 3.63) is 57.5 Å². The van der Waals surface area contributed by atoms with E-state index in [9.17, 15) is 9.70 Å². The molecule has 1 aromatic carbocycles. The molecular weight excluding hydrogens is 424 g/mol. The molecule has 2 atom stereocenters. The molecule has 3 aliphatic rings. The van der Waals surface area contributed by atoms with Crippen LogP contribution in [0.1, 0.15) is 63.0 Å². The quantitative estimate of drug-likeness (QED) is 0.363. The first-order chi connectivity index (χ1) is 15.5. The second kappa shape index (κ2) is 10.7. The third kappa shape index (κ3) is 5.30. The van der Waals surface area contributed by atoms with Crippen LogP contribution >= 0.6 is 11.6 Å². The maximum atomic E-state index is 14.0. The molecule has 0 radical (unpaired) electrons. The summed E-state index contributed by atoms with van der Waals surface area (Å²) in [6, 6.07) is 7.19. The summed E-state index contributed by atoms with van der Waals surface area (Å²) in [5, 5.41) is 0.809. The summed E-state index contributed by atoms with van der Waals surface area (Å²) in [5.74, 6) is 5.62. The number of carbonyl (C=O) groups excluding carboxylic acids is 1. The van der Waals surface area contributed by atoms with E-state index in [-0.39, 0.29) is 17.9 Å². The van der Waals surface area contributed by atoms with Crippen molar-refractivity contribution in [1.82, 2.24) is 9.80 Å². The van der Waals surface area contributed by atoms with E-state index in [0.29, 0.717) is 17.0 Å². The summed E-state index contributed by atoms with van der Waals surface area (Å²) >= 11 is 6.18. The van der Waals surface area contributed by atoms with Gasteiger partial charge in [0.25, 0.3) is 5.69 Å². The first-order valence-electron chi connectivity index (χ1n) is 11.9. The van der Waals surface area contributed by atoms with Crippen molar-refractivity contribution in [3.8, 4) is 0 Å². The lowest BCUT2D eigenvalue weighted by atomic mass is 9.85. The molecule has 1 aromatic rings. The number of halogens is 1. The van der Waals surface area contributed by atoms with Gasteiger partial charge in [-0.1, -0.05) is 42.7 Å². The van der Waals surface area contributed by atoms with Gasteiger partial charge in [-0.25, -0.2) is 0 Å². The number of benzene rings is 1. The Labute approximate surface area is 195 Å². The van der Waals surface area contributed by atoms with Crippen LogP contribution in [0.5, 0.6) is 0 Å². The molecule has 2 fully saturated rings. The number of rotatable bonds is 7. The van der Waals surface area contributed by atoms with E-state index in [2.05, 4.69) is 9.80 Å². The monoisotopic (exact) mass is 457 g/mol. The highest BCUT2D eigenvalue weighted by Crippen LogP contribution is 2.35. The molecule has 0 bridgehead atoms. The van der Waals surface area contributed by atoms with Gasteiger partial charge < -0.3 is 0 Å². The number of piperidine rings is 2. The van der Waals surface area contributed by atoms with Gasteiger partial charge in [-0.2, -0.15) is 5.84 Å². The second-order valence-corrected chi connectivity index (χ2v) is 9.66. The molecule has 0 aromatic heterocycles. The van der Waals surface area contributed by atoms with Gasteiger partial charge in [0.2, 0.25) is 0 Å². The summed E-state index contributed by atoms with van der Waals surface area (Å²) in [4.78, 5) is 30.9. The van der Waals surface area contributed by atoms with Crippen LogP contribution in [0.2, 0.25) is 0 Å². The van der Waals surface area contributed by atoms with Gasteiger partial charge in [0, 0.05) is 17.2 Å². The third-order valence-corrected chi connectivity index (χ3v) is 7.35. The predicted octanol–water partition coefficient (Wildman–Crippen LogP) is 4.76. The molecule has 2 saturated heterocycles. The molecule has 2 unspecified atom stereocenters. The van der Waals surface area contributed by atoms with Gasteiger partial charge in [-0.05, 0) is 81.9 Å². The normalized spacial score (nSPS) is 22.5. The zero-order chi connectivity index (χ0) is 22.5. The Morgan fingerprint density at radius 3 is 2.00 bits per heavy atom. The molecule has 32 heavy (non-hydrogen) atoms. The predicted molar refractivity (Wildman–Crippen MR) is 128 cm³/mol. The van der Waals surface area contributed by atoms with Crippen LogP contribution in [0.4, 0.5) is 5.69 Å². The Bertz CT molecular complexity index is 884. The highest BCUT2D eigenvalue weighted by atomic mass is 35.5. The smallest absolute Gasteiger partial charge is 0.291 e. The van der Waals surface area contributed by atoms with Gasteiger partial charge in [-0.3, -0.25) is 14.6 Å². The number of nitrogens with two attached hydrogens (primary N) is 1. The summed E-state index contributed by atoms with van der Waals surface area (Å²) in [7, 11) is 0. The van der Waals surface area contributed by atoms with Crippen molar-refractivity contribution in [2.45, 2.75) is 63.5 Å². The van der Waals surface area contributed by atoms with Crippen LogP contribution in [0.15, 0.2) is 47.0 Å². The Morgan fingerprint density at radius 1 is 0.875 bits per heavy atom. The van der Waals surface area contributed by atoms with Crippen molar-refractivity contribution in [2.75, 3.05) is 26.2 Å². The average Bonchev–Trinajstić information content (AvgIpc) is 2.84. The number of carbonyl (C=O) groups is 1. The van der Waals surface area contributed by atoms with Gasteiger partial charge in [0.05, 0.1) is 17.0 Å². The number of hydrogen-bond acceptors (Lipinski definition) is 4. The molecule has 2 aliphatic heterocycles. The summed E-state index contributed by atoms with van der Waals surface area (Å²) in [5.41, 5.74) is 2.37. The molecular formula is C25H34ClN4O2+.